The van der Waals surface area contributed by atoms with Crippen molar-refractivity contribution in [3.8, 4) is 11.1 Å². The summed E-state index contributed by atoms with van der Waals surface area (Å²) < 4.78 is 5.40. The molecule has 0 radical (unpaired) electrons. The molecule has 0 bridgehead atoms. The molecule has 102 valence electrons. The number of nitrogens with zero attached hydrogens (tertiary/aromatic N) is 1. The molecule has 0 unspecified atom stereocenters. The number of hydrogen-bond donors (Lipinski definition) is 1. The maximum Gasteiger partial charge on any atom is 0.175 e. The summed E-state index contributed by atoms with van der Waals surface area (Å²) in [6, 6.07) is 14.3. The molecule has 2 aromatic heterocycles. The quantitative estimate of drug-likeness (QED) is 0.765. The molecule has 3 nitrogen and oxygen atoms in total. The van der Waals surface area contributed by atoms with Crippen LogP contribution in [0, 0.1) is 0 Å². The summed E-state index contributed by atoms with van der Waals surface area (Å²) in [5, 5.41) is 6.02. The molecule has 0 amide bonds. The van der Waals surface area contributed by atoms with E-state index in [1.807, 2.05) is 30.3 Å². The van der Waals surface area contributed by atoms with E-state index in [9.17, 15) is 0 Å². The number of aromatic nitrogens is 1. The van der Waals surface area contributed by atoms with Crippen LogP contribution in [0.3, 0.4) is 0 Å². The Morgan fingerprint density at radius 2 is 1.90 bits per heavy atom. The first-order valence-electron chi connectivity index (χ1n) is 6.66. The Labute approximate surface area is 122 Å². The van der Waals surface area contributed by atoms with Crippen molar-refractivity contribution < 1.29 is 4.52 Å². The lowest BCUT2D eigenvalue weighted by molar-refractivity contribution is 0.384. The maximum absolute atomic E-state index is 5.94. The highest BCUT2D eigenvalue weighted by atomic mass is 32.1. The van der Waals surface area contributed by atoms with Crippen molar-refractivity contribution in [1.82, 2.24) is 5.16 Å². The smallest absolute Gasteiger partial charge is 0.175 e. The Morgan fingerprint density at radius 1 is 1.05 bits per heavy atom. The SMILES string of the molecule is Nc1noc(CCCc2cccs2)c1-c1ccccc1. The topological polar surface area (TPSA) is 52.0 Å². The number of benzene rings is 1. The number of hydrogen-bond acceptors (Lipinski definition) is 4. The van der Waals surface area contributed by atoms with Crippen LogP contribution < -0.4 is 5.73 Å². The molecule has 0 spiro atoms. The highest BCUT2D eigenvalue weighted by Gasteiger charge is 2.15. The highest BCUT2D eigenvalue weighted by molar-refractivity contribution is 7.09. The van der Waals surface area contributed by atoms with Crippen LogP contribution in [0.15, 0.2) is 52.4 Å². The Hall–Kier alpha value is -2.07. The van der Waals surface area contributed by atoms with Gasteiger partial charge in [0.15, 0.2) is 5.82 Å². The molecule has 3 rings (SSSR count). The second kappa shape index (κ2) is 5.92. The molecule has 1 aromatic carbocycles. The molecule has 0 aliphatic heterocycles. The van der Waals surface area contributed by atoms with Crippen LogP contribution in [0.5, 0.6) is 0 Å². The van der Waals surface area contributed by atoms with E-state index < -0.39 is 0 Å². The van der Waals surface area contributed by atoms with Gasteiger partial charge in [-0.1, -0.05) is 41.6 Å². The van der Waals surface area contributed by atoms with Gasteiger partial charge < -0.3 is 10.3 Å². The fourth-order valence-electron chi connectivity index (χ4n) is 2.30. The maximum atomic E-state index is 5.94. The van der Waals surface area contributed by atoms with Gasteiger partial charge in [-0.05, 0) is 29.9 Å². The first kappa shape index (κ1) is 12.9. The van der Waals surface area contributed by atoms with Crippen LogP contribution in [0.2, 0.25) is 0 Å². The van der Waals surface area contributed by atoms with Gasteiger partial charge in [0.25, 0.3) is 0 Å². The molecule has 2 heterocycles. The molecule has 0 aliphatic carbocycles. The van der Waals surface area contributed by atoms with Gasteiger partial charge in [-0.15, -0.1) is 11.3 Å². The second-order valence-electron chi connectivity index (χ2n) is 4.66. The van der Waals surface area contributed by atoms with Crippen molar-refractivity contribution in [3.05, 3.63) is 58.5 Å². The van der Waals surface area contributed by atoms with Gasteiger partial charge in [0.2, 0.25) is 0 Å². The van der Waals surface area contributed by atoms with Gasteiger partial charge in [-0.25, -0.2) is 0 Å². The zero-order valence-corrected chi connectivity index (χ0v) is 11.9. The van der Waals surface area contributed by atoms with Gasteiger partial charge >= 0.3 is 0 Å². The molecule has 0 aliphatic rings. The molecule has 0 saturated heterocycles. The Balaban J connectivity index is 1.74. The van der Waals surface area contributed by atoms with E-state index in [1.54, 1.807) is 11.3 Å². The van der Waals surface area contributed by atoms with Crippen LogP contribution in [-0.2, 0) is 12.8 Å². The summed E-state index contributed by atoms with van der Waals surface area (Å²) >= 11 is 1.79. The van der Waals surface area contributed by atoms with E-state index in [2.05, 4.69) is 22.7 Å². The minimum atomic E-state index is 0.474. The summed E-state index contributed by atoms with van der Waals surface area (Å²) in [6.07, 6.45) is 2.95. The molecule has 20 heavy (non-hydrogen) atoms. The van der Waals surface area contributed by atoms with Gasteiger partial charge in [0, 0.05) is 11.3 Å². The molecule has 4 heteroatoms. The lowest BCUT2D eigenvalue weighted by Gasteiger charge is -2.02. The summed E-state index contributed by atoms with van der Waals surface area (Å²) in [4.78, 5) is 1.40. The lowest BCUT2D eigenvalue weighted by Crippen LogP contribution is -1.92. The van der Waals surface area contributed by atoms with Crippen molar-refractivity contribution in [2.45, 2.75) is 19.3 Å². The summed E-state index contributed by atoms with van der Waals surface area (Å²) in [6.45, 7) is 0. The van der Waals surface area contributed by atoms with Gasteiger partial charge in [-0.3, -0.25) is 0 Å². The largest absolute Gasteiger partial charge is 0.380 e. The van der Waals surface area contributed by atoms with Gasteiger partial charge in [0.1, 0.15) is 5.76 Å². The number of anilines is 1. The predicted molar refractivity (Wildman–Crippen MR) is 82.7 cm³/mol. The van der Waals surface area contributed by atoms with Crippen molar-refractivity contribution in [3.63, 3.8) is 0 Å². The Morgan fingerprint density at radius 3 is 2.65 bits per heavy atom. The number of nitrogen functional groups attached to an aromatic ring is 1. The fourth-order valence-corrected chi connectivity index (χ4v) is 3.05. The third kappa shape index (κ3) is 2.75. The van der Waals surface area contributed by atoms with E-state index in [1.165, 1.54) is 4.88 Å². The zero-order valence-electron chi connectivity index (χ0n) is 11.1. The normalized spacial score (nSPS) is 10.8. The highest BCUT2D eigenvalue weighted by Crippen LogP contribution is 2.30. The number of rotatable bonds is 5. The minimum Gasteiger partial charge on any atom is -0.380 e. The van der Waals surface area contributed by atoms with Crippen molar-refractivity contribution in [1.29, 1.82) is 0 Å². The van der Waals surface area contributed by atoms with Crippen molar-refractivity contribution in [2.75, 3.05) is 5.73 Å². The van der Waals surface area contributed by atoms with Crippen LogP contribution in [0.25, 0.3) is 11.1 Å². The third-order valence-corrected chi connectivity index (χ3v) is 4.19. The number of thiophene rings is 1. The van der Waals surface area contributed by atoms with Crippen molar-refractivity contribution >= 4 is 17.2 Å². The van der Waals surface area contributed by atoms with E-state index in [0.717, 1.165) is 36.1 Å². The summed E-state index contributed by atoms with van der Waals surface area (Å²) in [7, 11) is 0. The number of aryl methyl sites for hydroxylation is 2. The van der Waals surface area contributed by atoms with E-state index >= 15 is 0 Å². The Bertz CT molecular complexity index is 659. The molecular formula is C16H16N2OS. The van der Waals surface area contributed by atoms with Crippen LogP contribution in [0.4, 0.5) is 5.82 Å². The van der Waals surface area contributed by atoms with Crippen LogP contribution >= 0.6 is 11.3 Å². The summed E-state index contributed by atoms with van der Waals surface area (Å²) in [5.74, 6) is 1.35. The molecule has 0 atom stereocenters. The summed E-state index contributed by atoms with van der Waals surface area (Å²) in [5.41, 5.74) is 7.95. The molecule has 0 saturated carbocycles. The van der Waals surface area contributed by atoms with Crippen LogP contribution in [0.1, 0.15) is 17.1 Å². The fraction of sp³-hybridized carbons (Fsp3) is 0.188. The van der Waals surface area contributed by atoms with E-state index in [-0.39, 0.29) is 0 Å². The molecule has 2 N–H and O–H groups in total. The van der Waals surface area contributed by atoms with Crippen LogP contribution in [-0.4, -0.2) is 5.16 Å². The van der Waals surface area contributed by atoms with E-state index in [4.69, 9.17) is 10.3 Å². The first-order valence-corrected chi connectivity index (χ1v) is 7.54. The second-order valence-corrected chi connectivity index (χ2v) is 5.70. The lowest BCUT2D eigenvalue weighted by atomic mass is 10.0. The average Bonchev–Trinajstić information content (AvgIpc) is 3.10. The number of nitrogens with two attached hydrogens (primary N) is 1. The molecular weight excluding hydrogens is 268 g/mol. The van der Waals surface area contributed by atoms with Crippen molar-refractivity contribution in [2.24, 2.45) is 0 Å². The third-order valence-electron chi connectivity index (χ3n) is 3.26. The first-order chi connectivity index (χ1) is 9.84. The molecule has 3 aromatic rings. The van der Waals surface area contributed by atoms with Gasteiger partial charge in [-0.2, -0.15) is 0 Å². The van der Waals surface area contributed by atoms with Gasteiger partial charge in [0.05, 0.1) is 5.56 Å². The minimum absolute atomic E-state index is 0.474. The predicted octanol–water partition coefficient (Wildman–Crippen LogP) is 4.16. The zero-order chi connectivity index (χ0) is 13.8. The standard InChI is InChI=1S/C16H16N2OS/c17-16-15(12-6-2-1-3-7-12)14(19-18-16)10-4-8-13-9-5-11-20-13/h1-3,5-7,9,11H,4,8,10H2,(H2,17,18). The van der Waals surface area contributed by atoms with E-state index in [0.29, 0.717) is 5.82 Å². The monoisotopic (exact) mass is 284 g/mol. The molecule has 0 fully saturated rings. The Kier molecular flexibility index (Phi) is 3.83. The average molecular weight is 284 g/mol.